The predicted molar refractivity (Wildman–Crippen MR) is 87.2 cm³/mol. The van der Waals surface area contributed by atoms with Gasteiger partial charge in [0.15, 0.2) is 0 Å². The zero-order valence-electron chi connectivity index (χ0n) is 12.1. The van der Waals surface area contributed by atoms with Gasteiger partial charge in [-0.3, -0.25) is 10.5 Å². The van der Waals surface area contributed by atoms with Crippen LogP contribution >= 0.6 is 0 Å². The van der Waals surface area contributed by atoms with Crippen LogP contribution in [0.2, 0.25) is 0 Å². The van der Waals surface area contributed by atoms with E-state index in [0.29, 0.717) is 18.5 Å². The van der Waals surface area contributed by atoms with Crippen LogP contribution in [0.15, 0.2) is 54.6 Å². The minimum absolute atomic E-state index is 0.0733. The molecule has 0 saturated carbocycles. The number of phenolic OH excluding ortho intramolecular Hbond substituents is 1. The van der Waals surface area contributed by atoms with E-state index in [0.717, 1.165) is 5.56 Å². The van der Waals surface area contributed by atoms with Crippen LogP contribution in [-0.4, -0.2) is 25.3 Å². The fourth-order valence-electron chi connectivity index (χ4n) is 2.08. The number of aryl methyl sites for hydroxylation is 1. The van der Waals surface area contributed by atoms with E-state index in [2.05, 4.69) is 4.72 Å². The van der Waals surface area contributed by atoms with Gasteiger partial charge in [-0.15, -0.1) is 0 Å². The highest BCUT2D eigenvalue weighted by Gasteiger charge is 2.16. The number of hydrogen-bond donors (Lipinski definition) is 2. The number of phenols is 1. The van der Waals surface area contributed by atoms with Crippen LogP contribution in [0.3, 0.4) is 0 Å². The quantitative estimate of drug-likeness (QED) is 0.768. The number of rotatable bonds is 7. The number of nitrogens with one attached hydrogen (secondary N) is 2. The minimum atomic E-state index is -3.57. The summed E-state index contributed by atoms with van der Waals surface area (Å²) in [6.07, 6.45) is 1.17. The number of sulfonamides is 1. The predicted octanol–water partition coefficient (Wildman–Crippen LogP) is 2.42. The molecular formula is C16H19N2O3S. The molecule has 1 atom stereocenters. The molecular weight excluding hydrogens is 300 g/mol. The molecule has 0 aromatic heterocycles. The molecule has 5 nitrogen and oxygen atoms in total. The number of hydrogen-bond acceptors (Lipinski definition) is 3. The van der Waals surface area contributed by atoms with E-state index in [-0.39, 0.29) is 11.5 Å². The van der Waals surface area contributed by atoms with E-state index in [4.69, 9.17) is 5.73 Å². The van der Waals surface area contributed by atoms with Gasteiger partial charge in [0, 0.05) is 11.7 Å². The molecule has 0 spiro atoms. The van der Waals surface area contributed by atoms with Gasteiger partial charge in [-0.1, -0.05) is 30.3 Å². The maximum Gasteiger partial charge on any atom is 0.234 e. The van der Waals surface area contributed by atoms with Crippen molar-refractivity contribution in [2.24, 2.45) is 0 Å². The Morgan fingerprint density at radius 1 is 1.05 bits per heavy atom. The molecule has 0 bridgehead atoms. The zero-order chi connectivity index (χ0) is 16.0. The lowest BCUT2D eigenvalue weighted by Crippen LogP contribution is -2.27. The molecule has 0 amide bonds. The Bertz CT molecular complexity index is 685. The Kier molecular flexibility index (Phi) is 5.41. The summed E-state index contributed by atoms with van der Waals surface area (Å²) in [6.45, 7) is 0. The van der Waals surface area contributed by atoms with Crippen molar-refractivity contribution in [2.75, 3.05) is 10.5 Å². The fourth-order valence-corrected chi connectivity index (χ4v) is 3.36. The van der Waals surface area contributed by atoms with Gasteiger partial charge in [0.2, 0.25) is 10.0 Å². The van der Waals surface area contributed by atoms with Crippen molar-refractivity contribution in [3.05, 3.63) is 60.2 Å². The van der Waals surface area contributed by atoms with Crippen LogP contribution in [0, 0.1) is 0 Å². The second-order valence-corrected chi connectivity index (χ2v) is 6.92. The van der Waals surface area contributed by atoms with Crippen molar-refractivity contribution in [2.45, 2.75) is 18.9 Å². The molecule has 2 rings (SSSR count). The van der Waals surface area contributed by atoms with Crippen LogP contribution < -0.4 is 10.5 Å². The maximum absolute atomic E-state index is 12.0. The zero-order valence-corrected chi connectivity index (χ0v) is 12.9. The van der Waals surface area contributed by atoms with Gasteiger partial charge >= 0.3 is 0 Å². The van der Waals surface area contributed by atoms with Gasteiger partial charge in [-0.25, -0.2) is 8.42 Å². The molecule has 6 heteroatoms. The van der Waals surface area contributed by atoms with Crippen LogP contribution in [0.5, 0.6) is 5.75 Å². The maximum atomic E-state index is 12.0. The van der Waals surface area contributed by atoms with Crippen LogP contribution in [0.1, 0.15) is 12.0 Å². The topological polar surface area (TPSA) is 90.2 Å². The molecule has 2 aromatic rings. The molecule has 0 aliphatic heterocycles. The highest BCUT2D eigenvalue weighted by molar-refractivity contribution is 7.92. The lowest BCUT2D eigenvalue weighted by molar-refractivity contribution is 0.475. The van der Waals surface area contributed by atoms with E-state index in [9.17, 15) is 13.5 Å². The molecule has 0 fully saturated rings. The van der Waals surface area contributed by atoms with Gasteiger partial charge in [-0.2, -0.15) is 0 Å². The van der Waals surface area contributed by atoms with Crippen LogP contribution in [0.25, 0.3) is 0 Å². The first-order valence-corrected chi connectivity index (χ1v) is 8.64. The molecule has 22 heavy (non-hydrogen) atoms. The first-order chi connectivity index (χ1) is 10.4. The SMILES string of the molecule is [NH]C(CCc1ccccc1)CS(=O)(=O)Nc1ccc(O)cc1. The van der Waals surface area contributed by atoms with E-state index in [1.54, 1.807) is 0 Å². The van der Waals surface area contributed by atoms with Gasteiger partial charge in [0.1, 0.15) is 5.75 Å². The van der Waals surface area contributed by atoms with Crippen molar-refractivity contribution in [1.29, 1.82) is 0 Å². The highest BCUT2D eigenvalue weighted by Crippen LogP contribution is 2.15. The largest absolute Gasteiger partial charge is 0.508 e. The average molecular weight is 319 g/mol. The highest BCUT2D eigenvalue weighted by atomic mass is 32.2. The first-order valence-electron chi connectivity index (χ1n) is 6.99. The second-order valence-electron chi connectivity index (χ2n) is 5.15. The summed E-state index contributed by atoms with van der Waals surface area (Å²) in [7, 11) is -3.57. The number of benzene rings is 2. The Morgan fingerprint density at radius 3 is 2.32 bits per heavy atom. The molecule has 1 radical (unpaired) electrons. The summed E-state index contributed by atoms with van der Waals surface area (Å²) in [5.41, 5.74) is 9.40. The Labute approximate surface area is 130 Å². The second kappa shape index (κ2) is 7.29. The summed E-state index contributed by atoms with van der Waals surface area (Å²) in [4.78, 5) is 0. The summed E-state index contributed by atoms with van der Waals surface area (Å²) in [5.74, 6) is -0.176. The summed E-state index contributed by atoms with van der Waals surface area (Å²) in [6, 6.07) is 14.8. The van der Waals surface area contributed by atoms with Crippen LogP contribution in [-0.2, 0) is 16.4 Å². The van der Waals surface area contributed by atoms with E-state index < -0.39 is 16.1 Å². The van der Waals surface area contributed by atoms with Crippen molar-refractivity contribution in [3.8, 4) is 5.75 Å². The normalized spacial score (nSPS) is 12.8. The van der Waals surface area contributed by atoms with Gasteiger partial charge in [-0.05, 0) is 42.7 Å². The van der Waals surface area contributed by atoms with Crippen molar-refractivity contribution in [3.63, 3.8) is 0 Å². The molecule has 0 heterocycles. The summed E-state index contributed by atoms with van der Waals surface area (Å²) in [5, 5.41) is 9.17. The van der Waals surface area contributed by atoms with Crippen molar-refractivity contribution < 1.29 is 13.5 Å². The smallest absolute Gasteiger partial charge is 0.234 e. The first kappa shape index (κ1) is 16.3. The minimum Gasteiger partial charge on any atom is -0.508 e. The lowest BCUT2D eigenvalue weighted by atomic mass is 10.1. The van der Waals surface area contributed by atoms with E-state index in [1.807, 2.05) is 30.3 Å². The van der Waals surface area contributed by atoms with Gasteiger partial charge in [0.05, 0.1) is 5.75 Å². The Balaban J connectivity index is 1.86. The monoisotopic (exact) mass is 319 g/mol. The molecule has 0 aliphatic rings. The van der Waals surface area contributed by atoms with Crippen molar-refractivity contribution in [1.82, 2.24) is 5.73 Å². The Morgan fingerprint density at radius 2 is 1.68 bits per heavy atom. The van der Waals surface area contributed by atoms with Gasteiger partial charge in [0.25, 0.3) is 0 Å². The van der Waals surface area contributed by atoms with Crippen molar-refractivity contribution >= 4 is 15.7 Å². The third-order valence-electron chi connectivity index (χ3n) is 3.19. The molecule has 3 N–H and O–H groups in total. The fraction of sp³-hybridized carbons (Fsp3) is 0.250. The average Bonchev–Trinajstić information content (AvgIpc) is 2.48. The van der Waals surface area contributed by atoms with E-state index in [1.165, 1.54) is 24.3 Å². The number of anilines is 1. The lowest BCUT2D eigenvalue weighted by Gasteiger charge is -2.13. The van der Waals surface area contributed by atoms with E-state index >= 15 is 0 Å². The molecule has 0 aliphatic carbocycles. The Hall–Kier alpha value is -2.05. The number of aromatic hydroxyl groups is 1. The summed E-state index contributed by atoms with van der Waals surface area (Å²) >= 11 is 0. The summed E-state index contributed by atoms with van der Waals surface area (Å²) < 4.78 is 26.4. The molecule has 0 saturated heterocycles. The van der Waals surface area contributed by atoms with Crippen LogP contribution in [0.4, 0.5) is 5.69 Å². The van der Waals surface area contributed by atoms with Gasteiger partial charge < -0.3 is 5.11 Å². The molecule has 2 aromatic carbocycles. The third kappa shape index (κ3) is 5.38. The third-order valence-corrected chi connectivity index (χ3v) is 4.57. The molecule has 1 unspecified atom stereocenters. The standard InChI is InChI=1S/C16H19N2O3S/c17-14(7-6-13-4-2-1-3-5-13)12-22(20,21)18-15-8-10-16(19)11-9-15/h1-5,8-11,14,17-19H,6-7,12H2. The molecule has 117 valence electrons.